The Labute approximate surface area is 104 Å². The average molecular weight is 244 g/mol. The molecule has 0 amide bonds. The molecule has 2 aromatic rings. The van der Waals surface area contributed by atoms with Crippen molar-refractivity contribution in [2.75, 3.05) is 0 Å². The Morgan fingerprint density at radius 1 is 1.17 bits per heavy atom. The molecule has 1 N–H and O–H groups in total. The third-order valence-corrected chi connectivity index (χ3v) is 2.56. The van der Waals surface area contributed by atoms with E-state index in [0.717, 1.165) is 11.1 Å². The van der Waals surface area contributed by atoms with Gasteiger partial charge in [-0.2, -0.15) is 0 Å². The van der Waals surface area contributed by atoms with E-state index in [-0.39, 0.29) is 11.6 Å². The zero-order chi connectivity index (χ0) is 13.1. The molecule has 2 rings (SSSR count). The quantitative estimate of drug-likeness (QED) is 0.898. The molecule has 18 heavy (non-hydrogen) atoms. The summed E-state index contributed by atoms with van der Waals surface area (Å²) < 4.78 is 5.45. The summed E-state index contributed by atoms with van der Waals surface area (Å²) in [5, 5.41) is 8.96. The van der Waals surface area contributed by atoms with Crippen molar-refractivity contribution < 1.29 is 14.6 Å². The molecular formula is C13H12N2O3. The fourth-order valence-corrected chi connectivity index (χ4v) is 1.44. The van der Waals surface area contributed by atoms with E-state index in [1.54, 1.807) is 6.07 Å². The molecule has 5 nitrogen and oxygen atoms in total. The van der Waals surface area contributed by atoms with E-state index >= 15 is 0 Å². The minimum Gasteiger partial charge on any atom is -0.476 e. The number of aromatic carboxylic acids is 1. The molecule has 92 valence electrons. The lowest BCUT2D eigenvalue weighted by atomic mass is 10.1. The summed E-state index contributed by atoms with van der Waals surface area (Å²) in [6, 6.07) is 5.50. The van der Waals surface area contributed by atoms with E-state index in [4.69, 9.17) is 9.84 Å². The smallest absolute Gasteiger partial charge is 0.360 e. The summed E-state index contributed by atoms with van der Waals surface area (Å²) in [7, 11) is 0. The first-order valence-electron chi connectivity index (χ1n) is 5.37. The molecule has 1 heterocycles. The molecule has 0 bridgehead atoms. The Morgan fingerprint density at radius 2 is 1.89 bits per heavy atom. The third kappa shape index (κ3) is 2.45. The van der Waals surface area contributed by atoms with Crippen molar-refractivity contribution in [2.24, 2.45) is 0 Å². The Morgan fingerprint density at radius 3 is 2.56 bits per heavy atom. The standard InChI is InChI=1S/C13H12N2O3/c1-8-3-4-10(7-9(8)2)18-12-11(13(16)17)14-5-6-15-12/h3-7H,1-2H3,(H,16,17). The van der Waals surface area contributed by atoms with Crippen molar-refractivity contribution >= 4 is 5.97 Å². The number of aromatic nitrogens is 2. The number of hydrogen-bond donors (Lipinski definition) is 1. The number of nitrogens with zero attached hydrogens (tertiary/aromatic N) is 2. The fraction of sp³-hybridized carbons (Fsp3) is 0.154. The van der Waals surface area contributed by atoms with E-state index in [9.17, 15) is 4.79 Å². The predicted octanol–water partition coefficient (Wildman–Crippen LogP) is 2.58. The van der Waals surface area contributed by atoms with Crippen LogP contribution < -0.4 is 4.74 Å². The second-order valence-electron chi connectivity index (χ2n) is 3.86. The first-order chi connectivity index (χ1) is 8.58. The largest absolute Gasteiger partial charge is 0.476 e. The summed E-state index contributed by atoms with van der Waals surface area (Å²) in [6.07, 6.45) is 2.71. The molecule has 0 saturated heterocycles. The van der Waals surface area contributed by atoms with Crippen LogP contribution in [0.1, 0.15) is 21.6 Å². The Kier molecular flexibility index (Phi) is 3.23. The van der Waals surface area contributed by atoms with Gasteiger partial charge in [0.25, 0.3) is 5.88 Å². The molecular weight excluding hydrogens is 232 g/mol. The number of ether oxygens (including phenoxy) is 1. The van der Waals surface area contributed by atoms with E-state index in [1.807, 2.05) is 26.0 Å². The van der Waals surface area contributed by atoms with Gasteiger partial charge in [-0.1, -0.05) is 6.07 Å². The molecule has 0 fully saturated rings. The van der Waals surface area contributed by atoms with Gasteiger partial charge in [-0.05, 0) is 37.1 Å². The summed E-state index contributed by atoms with van der Waals surface area (Å²) in [6.45, 7) is 3.95. The highest BCUT2D eigenvalue weighted by Crippen LogP contribution is 2.23. The van der Waals surface area contributed by atoms with E-state index in [2.05, 4.69) is 9.97 Å². The van der Waals surface area contributed by atoms with Gasteiger partial charge in [0.2, 0.25) is 5.69 Å². The van der Waals surface area contributed by atoms with Crippen LogP contribution in [0.2, 0.25) is 0 Å². The monoisotopic (exact) mass is 244 g/mol. The van der Waals surface area contributed by atoms with E-state index in [0.29, 0.717) is 5.75 Å². The van der Waals surface area contributed by atoms with Crippen molar-refractivity contribution in [2.45, 2.75) is 13.8 Å². The number of carboxylic acids is 1. The Balaban J connectivity index is 2.34. The van der Waals surface area contributed by atoms with Gasteiger partial charge in [0.05, 0.1) is 0 Å². The minimum absolute atomic E-state index is 0.00625. The van der Waals surface area contributed by atoms with Crippen LogP contribution in [-0.4, -0.2) is 21.0 Å². The maximum absolute atomic E-state index is 11.0. The van der Waals surface area contributed by atoms with Gasteiger partial charge >= 0.3 is 5.97 Å². The number of aryl methyl sites for hydroxylation is 2. The zero-order valence-electron chi connectivity index (χ0n) is 10.0. The van der Waals surface area contributed by atoms with Crippen LogP contribution in [0.5, 0.6) is 11.6 Å². The Hall–Kier alpha value is -2.43. The molecule has 0 spiro atoms. The molecule has 0 aliphatic carbocycles. The molecule has 1 aromatic heterocycles. The zero-order valence-corrected chi connectivity index (χ0v) is 10.0. The second-order valence-corrected chi connectivity index (χ2v) is 3.86. The summed E-state index contributed by atoms with van der Waals surface area (Å²) in [4.78, 5) is 18.6. The second kappa shape index (κ2) is 4.83. The van der Waals surface area contributed by atoms with Crippen LogP contribution in [0, 0.1) is 13.8 Å². The van der Waals surface area contributed by atoms with E-state index < -0.39 is 5.97 Å². The lowest BCUT2D eigenvalue weighted by Crippen LogP contribution is -2.04. The Bertz CT molecular complexity index is 597. The van der Waals surface area contributed by atoms with E-state index in [1.165, 1.54) is 12.4 Å². The predicted molar refractivity (Wildman–Crippen MR) is 65.0 cm³/mol. The van der Waals surface area contributed by atoms with Gasteiger partial charge in [0, 0.05) is 12.4 Å². The number of benzene rings is 1. The van der Waals surface area contributed by atoms with Crippen molar-refractivity contribution in [3.63, 3.8) is 0 Å². The van der Waals surface area contributed by atoms with Crippen molar-refractivity contribution in [1.29, 1.82) is 0 Å². The summed E-state index contributed by atoms with van der Waals surface area (Å²) >= 11 is 0. The van der Waals surface area contributed by atoms with Gasteiger partial charge in [-0.15, -0.1) is 0 Å². The number of rotatable bonds is 3. The van der Waals surface area contributed by atoms with Crippen LogP contribution in [0.3, 0.4) is 0 Å². The topological polar surface area (TPSA) is 72.3 Å². The van der Waals surface area contributed by atoms with Crippen molar-refractivity contribution in [3.05, 3.63) is 47.4 Å². The number of carboxylic acid groups (broad SMARTS) is 1. The van der Waals surface area contributed by atoms with Crippen LogP contribution >= 0.6 is 0 Å². The highest BCUT2D eigenvalue weighted by Gasteiger charge is 2.14. The summed E-state index contributed by atoms with van der Waals surface area (Å²) in [5.41, 5.74) is 2.00. The molecule has 0 unspecified atom stereocenters. The van der Waals surface area contributed by atoms with Crippen LogP contribution in [-0.2, 0) is 0 Å². The van der Waals surface area contributed by atoms with Crippen LogP contribution in [0.15, 0.2) is 30.6 Å². The molecule has 0 aliphatic heterocycles. The van der Waals surface area contributed by atoms with Gasteiger partial charge in [-0.3, -0.25) is 0 Å². The molecule has 5 heteroatoms. The lowest BCUT2D eigenvalue weighted by Gasteiger charge is -2.08. The third-order valence-electron chi connectivity index (χ3n) is 2.56. The van der Waals surface area contributed by atoms with Gasteiger partial charge < -0.3 is 9.84 Å². The first-order valence-corrected chi connectivity index (χ1v) is 5.37. The maximum atomic E-state index is 11.0. The lowest BCUT2D eigenvalue weighted by molar-refractivity contribution is 0.0686. The molecule has 0 aliphatic rings. The van der Waals surface area contributed by atoms with Crippen molar-refractivity contribution in [1.82, 2.24) is 9.97 Å². The first kappa shape index (κ1) is 12.0. The summed E-state index contributed by atoms with van der Waals surface area (Å²) in [5.74, 6) is -0.628. The molecule has 0 atom stereocenters. The normalized spacial score (nSPS) is 10.1. The van der Waals surface area contributed by atoms with Crippen molar-refractivity contribution in [3.8, 4) is 11.6 Å². The van der Waals surface area contributed by atoms with Gasteiger partial charge in [0.15, 0.2) is 0 Å². The highest BCUT2D eigenvalue weighted by atomic mass is 16.5. The minimum atomic E-state index is -1.16. The average Bonchev–Trinajstić information content (AvgIpc) is 2.34. The highest BCUT2D eigenvalue weighted by molar-refractivity contribution is 5.87. The van der Waals surface area contributed by atoms with Gasteiger partial charge in [0.1, 0.15) is 5.75 Å². The maximum Gasteiger partial charge on any atom is 0.360 e. The van der Waals surface area contributed by atoms with Crippen LogP contribution in [0.4, 0.5) is 0 Å². The molecule has 0 saturated carbocycles. The molecule has 0 radical (unpaired) electrons. The molecule has 1 aromatic carbocycles. The SMILES string of the molecule is Cc1ccc(Oc2nccnc2C(=O)O)cc1C. The number of hydrogen-bond acceptors (Lipinski definition) is 4. The fourth-order valence-electron chi connectivity index (χ4n) is 1.44. The van der Waals surface area contributed by atoms with Gasteiger partial charge in [-0.25, -0.2) is 14.8 Å². The van der Waals surface area contributed by atoms with Crippen LogP contribution in [0.25, 0.3) is 0 Å². The number of carbonyl (C=O) groups is 1.